The first-order valence-electron chi connectivity index (χ1n) is 12.2. The van der Waals surface area contributed by atoms with E-state index in [1.54, 1.807) is 43.3 Å². The molecule has 0 aromatic heterocycles. The summed E-state index contributed by atoms with van der Waals surface area (Å²) in [6.07, 6.45) is 5.26. The van der Waals surface area contributed by atoms with Crippen LogP contribution in [0.1, 0.15) is 50.2 Å². The van der Waals surface area contributed by atoms with Crippen LogP contribution in [-0.2, 0) is 26.2 Å². The van der Waals surface area contributed by atoms with Crippen LogP contribution >= 0.6 is 34.8 Å². The molecule has 0 heterocycles. The minimum atomic E-state index is -3.86. The number of amides is 2. The monoisotopic (exact) mass is 587 g/mol. The number of nitrogens with zero attached hydrogens (tertiary/aromatic N) is 2. The van der Waals surface area contributed by atoms with Gasteiger partial charge in [-0.2, -0.15) is 0 Å². The number of sulfonamides is 1. The van der Waals surface area contributed by atoms with Gasteiger partial charge >= 0.3 is 0 Å². The Labute approximate surface area is 234 Å². The fraction of sp³-hybridized carbons (Fsp3) is 0.462. The van der Waals surface area contributed by atoms with E-state index >= 15 is 0 Å². The summed E-state index contributed by atoms with van der Waals surface area (Å²) in [7, 11) is -3.86. The Hall–Kier alpha value is -2.00. The van der Waals surface area contributed by atoms with Crippen LogP contribution in [0.15, 0.2) is 36.4 Å². The van der Waals surface area contributed by atoms with Crippen molar-refractivity contribution in [1.29, 1.82) is 0 Å². The van der Waals surface area contributed by atoms with Crippen molar-refractivity contribution in [2.45, 2.75) is 64.6 Å². The molecule has 1 fully saturated rings. The highest BCUT2D eigenvalue weighted by Crippen LogP contribution is 2.29. The number of nitrogens with one attached hydrogen (secondary N) is 1. The molecule has 37 heavy (non-hydrogen) atoms. The van der Waals surface area contributed by atoms with E-state index in [4.69, 9.17) is 34.8 Å². The maximum atomic E-state index is 13.8. The molecule has 11 heteroatoms. The molecule has 0 unspecified atom stereocenters. The molecule has 3 rings (SSSR count). The van der Waals surface area contributed by atoms with E-state index in [1.807, 2.05) is 6.92 Å². The molecule has 0 saturated heterocycles. The van der Waals surface area contributed by atoms with E-state index in [1.165, 1.54) is 4.90 Å². The molecule has 1 saturated carbocycles. The van der Waals surface area contributed by atoms with Crippen molar-refractivity contribution in [3.8, 4) is 0 Å². The predicted octanol–water partition coefficient (Wildman–Crippen LogP) is 5.59. The van der Waals surface area contributed by atoms with E-state index in [0.29, 0.717) is 38.3 Å². The molecule has 2 aromatic carbocycles. The highest BCUT2D eigenvalue weighted by molar-refractivity contribution is 7.92. The number of carbonyl (C=O) groups is 2. The van der Waals surface area contributed by atoms with Gasteiger partial charge in [0.2, 0.25) is 21.8 Å². The van der Waals surface area contributed by atoms with E-state index < -0.39 is 28.5 Å². The van der Waals surface area contributed by atoms with Gasteiger partial charge in [0.1, 0.15) is 12.6 Å². The summed E-state index contributed by atoms with van der Waals surface area (Å²) in [4.78, 5) is 28.6. The Kier molecular flexibility index (Phi) is 10.1. The molecule has 202 valence electrons. The number of halogens is 3. The number of benzene rings is 2. The van der Waals surface area contributed by atoms with Gasteiger partial charge in [0.15, 0.2) is 0 Å². The smallest absolute Gasteiger partial charge is 0.244 e. The quantitative estimate of drug-likeness (QED) is 0.392. The Morgan fingerprint density at radius 2 is 1.76 bits per heavy atom. The van der Waals surface area contributed by atoms with E-state index in [0.717, 1.165) is 36.2 Å². The molecular formula is C26H32Cl3N3O4S. The van der Waals surface area contributed by atoms with Crippen molar-refractivity contribution in [2.24, 2.45) is 0 Å². The Morgan fingerprint density at radius 3 is 2.35 bits per heavy atom. The topological polar surface area (TPSA) is 86.8 Å². The number of hydrogen-bond donors (Lipinski definition) is 1. The lowest BCUT2D eigenvalue weighted by Crippen LogP contribution is -2.53. The molecule has 2 amide bonds. The lowest BCUT2D eigenvalue weighted by Gasteiger charge is -2.34. The van der Waals surface area contributed by atoms with Gasteiger partial charge in [-0.3, -0.25) is 13.9 Å². The van der Waals surface area contributed by atoms with Crippen LogP contribution in [0.25, 0.3) is 0 Å². The van der Waals surface area contributed by atoms with Gasteiger partial charge < -0.3 is 10.2 Å². The van der Waals surface area contributed by atoms with Gasteiger partial charge in [-0.05, 0) is 61.6 Å². The SMILES string of the molecule is CC[C@@H](C(=O)NC1CCCC1)N(Cc1ccc(Cl)cc1Cl)C(=O)CN(c1cccc(Cl)c1C)S(C)(=O)=O. The summed E-state index contributed by atoms with van der Waals surface area (Å²) in [5.74, 6) is -0.804. The molecule has 7 nitrogen and oxygen atoms in total. The van der Waals surface area contributed by atoms with Crippen molar-refractivity contribution < 1.29 is 18.0 Å². The van der Waals surface area contributed by atoms with Crippen LogP contribution in [0, 0.1) is 6.92 Å². The second kappa shape index (κ2) is 12.7. The second-order valence-corrected chi connectivity index (χ2v) is 12.5. The average molecular weight is 589 g/mol. The molecule has 1 aliphatic rings. The first-order valence-corrected chi connectivity index (χ1v) is 15.2. The minimum absolute atomic E-state index is 0.0115. The fourth-order valence-electron chi connectivity index (χ4n) is 4.58. The molecule has 1 aliphatic carbocycles. The summed E-state index contributed by atoms with van der Waals surface area (Å²) in [5.41, 5.74) is 1.42. The Bertz CT molecular complexity index is 1250. The van der Waals surface area contributed by atoms with Gasteiger partial charge in [0.25, 0.3) is 0 Å². The van der Waals surface area contributed by atoms with Crippen molar-refractivity contribution in [3.63, 3.8) is 0 Å². The fourth-order valence-corrected chi connectivity index (χ4v) is 6.12. The van der Waals surface area contributed by atoms with E-state index in [-0.39, 0.29) is 18.5 Å². The van der Waals surface area contributed by atoms with Crippen molar-refractivity contribution in [3.05, 3.63) is 62.6 Å². The standard InChI is InChI=1S/C26H32Cl3N3O4S/c1-4-23(26(34)30-20-8-5-6-9-20)31(15-18-12-13-19(27)14-22(18)29)25(33)16-32(37(3,35)36)24-11-7-10-21(28)17(24)2/h7,10-14,20,23H,4-6,8-9,15-16H2,1-3H3,(H,30,34)/t23-/m0/s1. The molecule has 0 aliphatic heterocycles. The predicted molar refractivity (Wildman–Crippen MR) is 150 cm³/mol. The van der Waals surface area contributed by atoms with Crippen LogP contribution in [0.4, 0.5) is 5.69 Å². The number of anilines is 1. The zero-order valence-corrected chi connectivity index (χ0v) is 24.2. The van der Waals surface area contributed by atoms with Crippen molar-refractivity contribution in [2.75, 3.05) is 17.1 Å². The Balaban J connectivity index is 1.98. The number of hydrogen-bond acceptors (Lipinski definition) is 4. The first kappa shape index (κ1) is 29.6. The van der Waals surface area contributed by atoms with E-state index in [9.17, 15) is 18.0 Å². The highest BCUT2D eigenvalue weighted by atomic mass is 35.5. The number of rotatable bonds is 10. The van der Waals surface area contributed by atoms with Crippen LogP contribution in [-0.4, -0.2) is 50.0 Å². The highest BCUT2D eigenvalue weighted by Gasteiger charge is 2.33. The van der Waals surface area contributed by atoms with Crippen LogP contribution in [0.5, 0.6) is 0 Å². The normalized spacial score (nSPS) is 14.9. The third-order valence-electron chi connectivity index (χ3n) is 6.63. The van der Waals surface area contributed by atoms with Gasteiger partial charge in [-0.1, -0.05) is 66.7 Å². The maximum Gasteiger partial charge on any atom is 0.244 e. The lowest BCUT2D eigenvalue weighted by molar-refractivity contribution is -0.140. The van der Waals surface area contributed by atoms with Crippen molar-refractivity contribution >= 4 is 62.3 Å². The maximum absolute atomic E-state index is 13.8. The molecule has 0 bridgehead atoms. The molecule has 0 radical (unpaired) electrons. The zero-order chi connectivity index (χ0) is 27.3. The summed E-state index contributed by atoms with van der Waals surface area (Å²) in [6, 6.07) is 9.05. The van der Waals surface area contributed by atoms with Gasteiger partial charge in [0.05, 0.1) is 11.9 Å². The zero-order valence-electron chi connectivity index (χ0n) is 21.1. The third-order valence-corrected chi connectivity index (χ3v) is 8.75. The van der Waals surface area contributed by atoms with Gasteiger partial charge in [-0.25, -0.2) is 8.42 Å². The number of carbonyl (C=O) groups excluding carboxylic acids is 2. The largest absolute Gasteiger partial charge is 0.352 e. The molecular weight excluding hydrogens is 557 g/mol. The van der Waals surface area contributed by atoms with Crippen LogP contribution in [0.3, 0.4) is 0 Å². The van der Waals surface area contributed by atoms with Gasteiger partial charge in [0, 0.05) is 27.7 Å². The first-order chi connectivity index (χ1) is 17.4. The average Bonchev–Trinajstić information content (AvgIpc) is 3.33. The molecule has 1 N–H and O–H groups in total. The summed E-state index contributed by atoms with van der Waals surface area (Å²) < 4.78 is 26.6. The summed E-state index contributed by atoms with van der Waals surface area (Å²) >= 11 is 18.7. The van der Waals surface area contributed by atoms with E-state index in [2.05, 4.69) is 5.32 Å². The molecule has 0 spiro atoms. The van der Waals surface area contributed by atoms with Crippen LogP contribution in [0.2, 0.25) is 15.1 Å². The third kappa shape index (κ3) is 7.53. The minimum Gasteiger partial charge on any atom is -0.352 e. The summed E-state index contributed by atoms with van der Waals surface area (Å²) in [5, 5.41) is 4.24. The van der Waals surface area contributed by atoms with Crippen molar-refractivity contribution in [1.82, 2.24) is 10.2 Å². The van der Waals surface area contributed by atoms with Crippen LogP contribution < -0.4 is 9.62 Å². The second-order valence-electron chi connectivity index (χ2n) is 9.32. The Morgan fingerprint density at radius 1 is 1.08 bits per heavy atom. The lowest BCUT2D eigenvalue weighted by atomic mass is 10.1. The molecule has 2 aromatic rings. The molecule has 1 atom stereocenters. The summed E-state index contributed by atoms with van der Waals surface area (Å²) in [6.45, 7) is 3.02. The van der Waals surface area contributed by atoms with Gasteiger partial charge in [-0.15, -0.1) is 0 Å².